The van der Waals surface area contributed by atoms with Crippen molar-refractivity contribution < 1.29 is 58.8 Å². The third kappa shape index (κ3) is 17.5. The monoisotopic (exact) mass is 794 g/mol. The molecule has 0 spiro atoms. The van der Waals surface area contributed by atoms with Crippen LogP contribution >= 0.6 is 0 Å². The van der Waals surface area contributed by atoms with Gasteiger partial charge in [0.1, 0.15) is 36.3 Å². The zero-order valence-electron chi connectivity index (χ0n) is 32.5. The van der Waals surface area contributed by atoms with Crippen LogP contribution < -0.4 is 43.0 Å². The van der Waals surface area contributed by atoms with Crippen LogP contribution in [0.5, 0.6) is 0 Å². The maximum atomic E-state index is 13.4. The number of amides is 7. The molecule has 0 aliphatic heterocycles. The number of nitrogens with one attached hydrogen (secondary N) is 7. The number of carboxylic acids is 1. The summed E-state index contributed by atoms with van der Waals surface area (Å²) in [5.74, 6) is -7.87. The van der Waals surface area contributed by atoms with Gasteiger partial charge >= 0.3 is 5.97 Å². The van der Waals surface area contributed by atoms with E-state index in [0.717, 1.165) is 5.56 Å². The van der Waals surface area contributed by atoms with E-state index in [4.69, 9.17) is 10.8 Å². The van der Waals surface area contributed by atoms with Crippen molar-refractivity contribution in [3.8, 4) is 0 Å². The second-order valence-corrected chi connectivity index (χ2v) is 14.2. The van der Waals surface area contributed by atoms with E-state index in [9.17, 15) is 53.7 Å². The Kier molecular flexibility index (Phi) is 21.2. The molecule has 0 bridgehead atoms. The molecule has 0 saturated heterocycles. The molecule has 0 fully saturated rings. The highest BCUT2D eigenvalue weighted by atomic mass is 16.4. The maximum Gasteiger partial charge on any atom is 0.328 e. The van der Waals surface area contributed by atoms with Crippen molar-refractivity contribution in [3.63, 3.8) is 0 Å². The van der Waals surface area contributed by atoms with Crippen molar-refractivity contribution in [1.82, 2.24) is 37.2 Å². The van der Waals surface area contributed by atoms with Crippen LogP contribution in [0.1, 0.15) is 59.9 Å². The molecule has 1 rings (SSSR count). The molecule has 7 amide bonds. The fraction of sp³-hybridized carbons (Fsp3) is 0.611. The standard InChI is InChI=1S/C36H58N8O12/c1-18(2)12-24(40-28(48)15-38-31(50)23(37)14-22-10-8-7-9-11-22)33(52)44-29(21(6)47)35(54)39-20(5)30(49)41-25(13-19(3)4)32(51)42-26(16-45)34(53)43-27(17-46)36(55)56/h7-11,18-21,23-27,29,45-47H,12-17,37H2,1-6H3,(H,38,50)(H,39,54)(H,40,48)(H,41,49)(H,42,51)(H,43,53)(H,44,52)(H,55,56)/t20-,21+,23-,24-,25-,26-,27-,29-/m0/s1. The van der Waals surface area contributed by atoms with Crippen LogP contribution in [-0.2, 0) is 44.8 Å². The molecule has 1 aromatic carbocycles. The number of carbonyl (C=O) groups is 8. The molecule has 314 valence electrons. The lowest BCUT2D eigenvalue weighted by molar-refractivity contribution is -0.143. The molecular formula is C36H58N8O12. The lowest BCUT2D eigenvalue weighted by Gasteiger charge is -2.27. The average molecular weight is 795 g/mol. The van der Waals surface area contributed by atoms with Crippen LogP contribution in [0, 0.1) is 11.8 Å². The van der Waals surface area contributed by atoms with Gasteiger partial charge in [-0.25, -0.2) is 4.79 Å². The lowest BCUT2D eigenvalue weighted by Crippen LogP contribution is -2.61. The van der Waals surface area contributed by atoms with E-state index in [1.54, 1.807) is 52.0 Å². The maximum absolute atomic E-state index is 13.4. The van der Waals surface area contributed by atoms with Gasteiger partial charge in [-0.1, -0.05) is 58.0 Å². The number of hydrogen-bond donors (Lipinski definition) is 12. The Balaban J connectivity index is 2.93. The molecule has 0 radical (unpaired) electrons. The van der Waals surface area contributed by atoms with Crippen LogP contribution in [0.4, 0.5) is 0 Å². The van der Waals surface area contributed by atoms with Gasteiger partial charge in [-0.2, -0.15) is 0 Å². The summed E-state index contributed by atoms with van der Waals surface area (Å²) in [5, 5.41) is 54.7. The number of aliphatic hydroxyl groups is 3. The van der Waals surface area contributed by atoms with Crippen molar-refractivity contribution in [3.05, 3.63) is 35.9 Å². The minimum Gasteiger partial charge on any atom is -0.480 e. The smallest absolute Gasteiger partial charge is 0.328 e. The molecule has 8 atom stereocenters. The summed E-state index contributed by atoms with van der Waals surface area (Å²) in [6.45, 7) is 7.13. The van der Waals surface area contributed by atoms with Crippen LogP contribution in [0.25, 0.3) is 0 Å². The van der Waals surface area contributed by atoms with Crippen molar-refractivity contribution in [2.45, 2.75) is 109 Å². The SMILES string of the molecule is CC(C)C[C@H](NC(=O)CNC(=O)[C@@H](N)Cc1ccccc1)C(=O)N[C@H](C(=O)N[C@@H](C)C(=O)N[C@@H](CC(C)C)C(=O)N[C@@H](CO)C(=O)N[C@@H](CO)C(=O)O)[C@@H](C)O. The molecule has 1 aromatic rings. The molecule has 0 aromatic heterocycles. The lowest BCUT2D eigenvalue weighted by atomic mass is 10.0. The first-order valence-corrected chi connectivity index (χ1v) is 18.2. The number of carboxylic acid groups (broad SMARTS) is 1. The number of hydrogen-bond acceptors (Lipinski definition) is 12. The van der Waals surface area contributed by atoms with Crippen molar-refractivity contribution in [1.29, 1.82) is 0 Å². The fourth-order valence-corrected chi connectivity index (χ4v) is 5.16. The number of carbonyl (C=O) groups excluding carboxylic acids is 7. The van der Waals surface area contributed by atoms with Crippen molar-refractivity contribution in [2.75, 3.05) is 19.8 Å². The number of aliphatic carboxylic acids is 1. The molecule has 0 aliphatic rings. The Labute approximate surface area is 325 Å². The zero-order chi connectivity index (χ0) is 42.7. The summed E-state index contributed by atoms with van der Waals surface area (Å²) in [7, 11) is 0. The second kappa shape index (κ2) is 24.4. The molecule has 0 heterocycles. The highest BCUT2D eigenvalue weighted by Gasteiger charge is 2.34. The van der Waals surface area contributed by atoms with Crippen LogP contribution in [0.15, 0.2) is 30.3 Å². The molecule has 20 nitrogen and oxygen atoms in total. The van der Waals surface area contributed by atoms with Gasteiger partial charge in [0.05, 0.1) is 31.9 Å². The van der Waals surface area contributed by atoms with Gasteiger partial charge in [-0.3, -0.25) is 33.6 Å². The molecule has 0 aliphatic carbocycles. The van der Waals surface area contributed by atoms with Gasteiger partial charge in [0.15, 0.2) is 0 Å². The predicted molar refractivity (Wildman–Crippen MR) is 201 cm³/mol. The minimum atomic E-state index is -1.70. The molecule has 0 unspecified atom stereocenters. The first-order chi connectivity index (χ1) is 26.2. The highest BCUT2D eigenvalue weighted by molar-refractivity contribution is 5.97. The van der Waals surface area contributed by atoms with E-state index in [1.807, 2.05) is 11.4 Å². The Morgan fingerprint density at radius 3 is 1.59 bits per heavy atom. The first kappa shape index (κ1) is 48.8. The zero-order valence-corrected chi connectivity index (χ0v) is 32.5. The number of aliphatic hydroxyl groups excluding tert-OH is 3. The second-order valence-electron chi connectivity index (χ2n) is 14.2. The normalized spacial score (nSPS) is 15.4. The van der Waals surface area contributed by atoms with E-state index >= 15 is 0 Å². The van der Waals surface area contributed by atoms with E-state index < -0.39 is 115 Å². The van der Waals surface area contributed by atoms with Gasteiger partial charge in [0.2, 0.25) is 41.4 Å². The Morgan fingerprint density at radius 1 is 0.607 bits per heavy atom. The quantitative estimate of drug-likeness (QED) is 0.0478. The Morgan fingerprint density at radius 2 is 1.09 bits per heavy atom. The van der Waals surface area contributed by atoms with Crippen LogP contribution in [0.2, 0.25) is 0 Å². The average Bonchev–Trinajstić information content (AvgIpc) is 3.12. The molecule has 20 heteroatoms. The third-order valence-electron chi connectivity index (χ3n) is 8.18. The summed E-state index contributed by atoms with van der Waals surface area (Å²) >= 11 is 0. The van der Waals surface area contributed by atoms with Gasteiger partial charge in [-0.05, 0) is 50.5 Å². The molecule has 0 saturated carbocycles. The number of nitrogens with two attached hydrogens (primary N) is 1. The number of rotatable bonds is 24. The van der Waals surface area contributed by atoms with Gasteiger partial charge in [-0.15, -0.1) is 0 Å². The molecular weight excluding hydrogens is 736 g/mol. The summed E-state index contributed by atoms with van der Waals surface area (Å²) in [6, 6.07) is -0.669. The van der Waals surface area contributed by atoms with Crippen molar-refractivity contribution in [2.24, 2.45) is 17.6 Å². The predicted octanol–water partition coefficient (Wildman–Crippen LogP) is -3.86. The van der Waals surface area contributed by atoms with E-state index in [2.05, 4.69) is 31.9 Å². The van der Waals surface area contributed by atoms with Gasteiger partial charge < -0.3 is 63.4 Å². The van der Waals surface area contributed by atoms with E-state index in [0.29, 0.717) is 0 Å². The van der Waals surface area contributed by atoms with Crippen LogP contribution in [0.3, 0.4) is 0 Å². The summed E-state index contributed by atoms with van der Waals surface area (Å²) in [4.78, 5) is 102. The summed E-state index contributed by atoms with van der Waals surface area (Å²) in [5.41, 5.74) is 6.80. The molecule has 56 heavy (non-hydrogen) atoms. The summed E-state index contributed by atoms with van der Waals surface area (Å²) in [6.07, 6.45) is -1.10. The highest BCUT2D eigenvalue weighted by Crippen LogP contribution is 2.09. The van der Waals surface area contributed by atoms with Gasteiger partial charge in [0.25, 0.3) is 0 Å². The summed E-state index contributed by atoms with van der Waals surface area (Å²) < 4.78 is 0. The van der Waals surface area contributed by atoms with Gasteiger partial charge in [0, 0.05) is 0 Å². The van der Waals surface area contributed by atoms with Crippen LogP contribution in [-0.4, -0.2) is 136 Å². The first-order valence-electron chi connectivity index (χ1n) is 18.2. The minimum absolute atomic E-state index is 0.0336. The molecule has 13 N–H and O–H groups in total. The van der Waals surface area contributed by atoms with Crippen molar-refractivity contribution >= 4 is 47.3 Å². The third-order valence-corrected chi connectivity index (χ3v) is 8.18. The van der Waals surface area contributed by atoms with E-state index in [-0.39, 0.29) is 31.1 Å². The number of benzene rings is 1. The topological polar surface area (TPSA) is 328 Å². The Bertz CT molecular complexity index is 1490. The fourth-order valence-electron chi connectivity index (χ4n) is 5.16. The Hall–Kier alpha value is -5.18. The van der Waals surface area contributed by atoms with E-state index in [1.165, 1.54) is 13.8 Å². The largest absolute Gasteiger partial charge is 0.480 e.